The lowest BCUT2D eigenvalue weighted by Gasteiger charge is -2.29. The second-order valence-corrected chi connectivity index (χ2v) is 8.84. The van der Waals surface area contributed by atoms with Gasteiger partial charge in [-0.25, -0.2) is 4.79 Å². The molecular weight excluding hydrogens is 446 g/mol. The molecule has 0 aliphatic heterocycles. The van der Waals surface area contributed by atoms with Gasteiger partial charge >= 0.3 is 5.97 Å². The van der Waals surface area contributed by atoms with Crippen molar-refractivity contribution in [3.63, 3.8) is 0 Å². The number of halogens is 1. The fourth-order valence-electron chi connectivity index (χ4n) is 3.92. The Morgan fingerprint density at radius 1 is 1.10 bits per heavy atom. The summed E-state index contributed by atoms with van der Waals surface area (Å²) in [5.74, 6) is -0.764. The molecule has 2 aromatic carbocycles. The number of rotatable bonds is 7. The van der Waals surface area contributed by atoms with Gasteiger partial charge in [-0.1, -0.05) is 55.5 Å². The van der Waals surface area contributed by atoms with Crippen LogP contribution < -0.4 is 10.1 Å². The van der Waals surface area contributed by atoms with Gasteiger partial charge in [-0.15, -0.1) is 0 Å². The average Bonchev–Trinajstić information content (AvgIpc) is 2.96. The van der Waals surface area contributed by atoms with E-state index in [4.69, 9.17) is 4.74 Å². The molecule has 0 heterocycles. The Bertz CT molecular complexity index is 904. The predicted molar refractivity (Wildman–Crippen MR) is 120 cm³/mol. The van der Waals surface area contributed by atoms with Crippen molar-refractivity contribution < 1.29 is 19.4 Å². The van der Waals surface area contributed by atoms with Crippen LogP contribution in [-0.2, 0) is 11.2 Å². The maximum absolute atomic E-state index is 12.9. The van der Waals surface area contributed by atoms with Crippen LogP contribution in [0.15, 0.2) is 46.9 Å². The third-order valence-electron chi connectivity index (χ3n) is 5.64. The Morgan fingerprint density at radius 2 is 1.83 bits per heavy atom. The molecule has 3 rings (SSSR count). The molecule has 0 radical (unpaired) electrons. The number of ether oxygens (including phenoxy) is 1. The average molecular weight is 474 g/mol. The third kappa shape index (κ3) is 5.63. The minimum atomic E-state index is -1.19. The predicted octanol–water partition coefficient (Wildman–Crippen LogP) is 5.29. The van der Waals surface area contributed by atoms with Crippen LogP contribution in [0.3, 0.4) is 0 Å². The Kier molecular flexibility index (Phi) is 7.53. The first-order valence-corrected chi connectivity index (χ1v) is 11.2. The topological polar surface area (TPSA) is 75.6 Å². The summed E-state index contributed by atoms with van der Waals surface area (Å²) in [6, 6.07) is 13.4. The maximum atomic E-state index is 12.9. The van der Waals surface area contributed by atoms with E-state index in [0.29, 0.717) is 30.8 Å². The van der Waals surface area contributed by atoms with Crippen molar-refractivity contribution in [2.45, 2.75) is 57.4 Å². The molecule has 5 nitrogen and oxygen atoms in total. The van der Waals surface area contributed by atoms with E-state index < -0.39 is 11.5 Å². The molecule has 1 saturated carbocycles. The van der Waals surface area contributed by atoms with Crippen LogP contribution in [0.5, 0.6) is 5.75 Å². The minimum Gasteiger partial charge on any atom is -0.492 e. The molecule has 1 aliphatic rings. The zero-order chi connectivity index (χ0) is 21.6. The number of carbonyl (C=O) groups excluding carboxylic acids is 1. The van der Waals surface area contributed by atoms with E-state index in [-0.39, 0.29) is 5.91 Å². The minimum absolute atomic E-state index is 0.379. The fourth-order valence-corrected chi connectivity index (χ4v) is 4.28. The van der Waals surface area contributed by atoms with Gasteiger partial charge in [0.05, 0.1) is 11.1 Å². The molecule has 0 aromatic heterocycles. The number of carboxylic acids is 1. The van der Waals surface area contributed by atoms with Gasteiger partial charge in [0.2, 0.25) is 0 Å². The summed E-state index contributed by atoms with van der Waals surface area (Å²) >= 11 is 3.47. The van der Waals surface area contributed by atoms with E-state index in [1.54, 1.807) is 18.2 Å². The first kappa shape index (κ1) is 22.3. The van der Waals surface area contributed by atoms with Crippen LogP contribution in [0, 0.1) is 6.92 Å². The number of aryl methyl sites for hydroxylation is 1. The molecule has 1 aliphatic carbocycles. The number of benzene rings is 2. The van der Waals surface area contributed by atoms with Gasteiger partial charge < -0.3 is 15.2 Å². The summed E-state index contributed by atoms with van der Waals surface area (Å²) in [4.78, 5) is 24.9. The van der Waals surface area contributed by atoms with Crippen LogP contribution in [0.1, 0.15) is 60.0 Å². The lowest BCUT2D eigenvalue weighted by Crippen LogP contribution is -2.54. The van der Waals surface area contributed by atoms with Crippen molar-refractivity contribution in [1.82, 2.24) is 5.32 Å². The van der Waals surface area contributed by atoms with Crippen molar-refractivity contribution >= 4 is 27.8 Å². The maximum Gasteiger partial charge on any atom is 0.329 e. The van der Waals surface area contributed by atoms with Crippen molar-refractivity contribution in [3.8, 4) is 5.75 Å². The molecule has 0 saturated heterocycles. The summed E-state index contributed by atoms with van der Waals surface area (Å²) in [6.45, 7) is 2.54. The molecule has 1 fully saturated rings. The van der Waals surface area contributed by atoms with Gasteiger partial charge in [0.25, 0.3) is 5.91 Å². The lowest BCUT2D eigenvalue weighted by atomic mass is 9.90. The lowest BCUT2D eigenvalue weighted by molar-refractivity contribution is -0.145. The standard InChI is InChI=1S/C24H28BrNO4/c1-17-7-6-8-18(15-17)11-14-30-21-16-19(9-10-20(21)25)22(27)26-24(23(28)29)12-4-2-3-5-13-24/h6-10,15-16H,2-5,11-14H2,1H3,(H,26,27)(H,28,29). The van der Waals surface area contributed by atoms with Crippen molar-refractivity contribution in [3.05, 3.63) is 63.6 Å². The fraction of sp³-hybridized carbons (Fsp3) is 0.417. The molecule has 0 unspecified atom stereocenters. The number of carboxylic acid groups (broad SMARTS) is 1. The highest BCUT2D eigenvalue weighted by Crippen LogP contribution is 2.30. The molecular formula is C24H28BrNO4. The van der Waals surface area contributed by atoms with Crippen LogP contribution in [0.25, 0.3) is 0 Å². The monoisotopic (exact) mass is 473 g/mol. The normalized spacial score (nSPS) is 15.8. The first-order chi connectivity index (χ1) is 14.4. The molecule has 160 valence electrons. The van der Waals surface area contributed by atoms with E-state index in [0.717, 1.165) is 36.6 Å². The number of hydrogen-bond donors (Lipinski definition) is 2. The van der Waals surface area contributed by atoms with Gasteiger partial charge in [0.1, 0.15) is 11.3 Å². The molecule has 1 amide bonds. The number of aliphatic carboxylic acids is 1. The largest absolute Gasteiger partial charge is 0.492 e. The molecule has 0 atom stereocenters. The highest BCUT2D eigenvalue weighted by molar-refractivity contribution is 9.10. The zero-order valence-electron chi connectivity index (χ0n) is 17.2. The van der Waals surface area contributed by atoms with Crippen LogP contribution in [0.2, 0.25) is 0 Å². The second kappa shape index (κ2) is 10.1. The highest BCUT2D eigenvalue weighted by atomic mass is 79.9. The van der Waals surface area contributed by atoms with E-state index in [1.807, 2.05) is 6.07 Å². The molecule has 0 bridgehead atoms. The van der Waals surface area contributed by atoms with E-state index in [9.17, 15) is 14.7 Å². The Morgan fingerprint density at radius 3 is 2.50 bits per heavy atom. The second-order valence-electron chi connectivity index (χ2n) is 7.99. The first-order valence-electron chi connectivity index (χ1n) is 10.4. The number of nitrogens with one attached hydrogen (secondary N) is 1. The van der Waals surface area contributed by atoms with Crippen molar-refractivity contribution in [2.24, 2.45) is 0 Å². The van der Waals surface area contributed by atoms with Gasteiger partial charge in [0.15, 0.2) is 0 Å². The number of carbonyl (C=O) groups is 2. The third-order valence-corrected chi connectivity index (χ3v) is 6.30. The summed E-state index contributed by atoms with van der Waals surface area (Å²) in [5.41, 5.74) is 1.61. The van der Waals surface area contributed by atoms with Gasteiger partial charge in [-0.05, 0) is 59.5 Å². The molecule has 2 aromatic rings. The van der Waals surface area contributed by atoms with Gasteiger partial charge in [-0.2, -0.15) is 0 Å². The number of amides is 1. The van der Waals surface area contributed by atoms with Crippen molar-refractivity contribution in [2.75, 3.05) is 6.61 Å². The van der Waals surface area contributed by atoms with Gasteiger partial charge in [0, 0.05) is 12.0 Å². The highest BCUT2D eigenvalue weighted by Gasteiger charge is 2.40. The zero-order valence-corrected chi connectivity index (χ0v) is 18.8. The Balaban J connectivity index is 1.68. The SMILES string of the molecule is Cc1cccc(CCOc2cc(C(=O)NC3(C(=O)O)CCCCCC3)ccc2Br)c1. The van der Waals surface area contributed by atoms with Crippen molar-refractivity contribution in [1.29, 1.82) is 0 Å². The van der Waals surface area contributed by atoms with Crippen LogP contribution in [-0.4, -0.2) is 29.1 Å². The molecule has 30 heavy (non-hydrogen) atoms. The van der Waals surface area contributed by atoms with E-state index >= 15 is 0 Å². The molecule has 0 spiro atoms. The number of hydrogen-bond acceptors (Lipinski definition) is 3. The summed E-state index contributed by atoms with van der Waals surface area (Å²) in [7, 11) is 0. The smallest absolute Gasteiger partial charge is 0.329 e. The molecule has 6 heteroatoms. The summed E-state index contributed by atoms with van der Waals surface area (Å²) < 4.78 is 6.67. The Labute approximate surface area is 186 Å². The van der Waals surface area contributed by atoms with E-state index in [1.165, 1.54) is 11.1 Å². The summed E-state index contributed by atoms with van der Waals surface area (Å²) in [6.07, 6.45) is 5.30. The molecule has 2 N–H and O–H groups in total. The summed E-state index contributed by atoms with van der Waals surface area (Å²) in [5, 5.41) is 12.6. The van der Waals surface area contributed by atoms with E-state index in [2.05, 4.69) is 46.4 Å². The quantitative estimate of drug-likeness (QED) is 0.535. The Hall–Kier alpha value is -2.34. The van der Waals surface area contributed by atoms with Crippen LogP contribution in [0.4, 0.5) is 0 Å². The van der Waals surface area contributed by atoms with Gasteiger partial charge in [-0.3, -0.25) is 4.79 Å². The van der Waals surface area contributed by atoms with Crippen LogP contribution >= 0.6 is 15.9 Å².